The normalized spacial score (nSPS) is 25.7. The number of nitrogens with one attached hydrogen (secondary N) is 1. The molecule has 5 heteroatoms. The number of hydrogen-bond acceptors (Lipinski definition) is 5. The van der Waals surface area contributed by atoms with E-state index in [1.165, 1.54) is 0 Å². The van der Waals surface area contributed by atoms with Crippen LogP contribution in [0.4, 0.5) is 0 Å². The molecule has 0 aromatic carbocycles. The first-order valence-electron chi connectivity index (χ1n) is 8.32. The summed E-state index contributed by atoms with van der Waals surface area (Å²) in [4.78, 5) is 4.46. The molecule has 0 bridgehead atoms. The second kappa shape index (κ2) is 7.90. The van der Waals surface area contributed by atoms with E-state index in [9.17, 15) is 5.11 Å². The van der Waals surface area contributed by atoms with Crippen LogP contribution in [0.3, 0.4) is 0 Å². The van der Waals surface area contributed by atoms with Crippen LogP contribution in [0.5, 0.6) is 0 Å². The summed E-state index contributed by atoms with van der Waals surface area (Å²) in [7, 11) is 0. The van der Waals surface area contributed by atoms with E-state index in [1.807, 2.05) is 13.8 Å². The Balaban J connectivity index is 1.70. The fraction of sp³-hybridized carbons (Fsp3) is 0.875. The van der Waals surface area contributed by atoms with E-state index in [0.717, 1.165) is 56.8 Å². The van der Waals surface area contributed by atoms with E-state index in [4.69, 9.17) is 4.52 Å². The maximum absolute atomic E-state index is 9.39. The maximum Gasteiger partial charge on any atom is 0.229 e. The van der Waals surface area contributed by atoms with Gasteiger partial charge in [-0.25, -0.2) is 0 Å². The van der Waals surface area contributed by atoms with Crippen LogP contribution in [0, 0.1) is 5.92 Å². The first-order chi connectivity index (χ1) is 10.1. The summed E-state index contributed by atoms with van der Waals surface area (Å²) in [6.07, 6.45) is 6.06. The van der Waals surface area contributed by atoms with Gasteiger partial charge in [-0.05, 0) is 51.5 Å². The lowest BCUT2D eigenvalue weighted by atomic mass is 9.85. The molecule has 2 rings (SSSR count). The Kier molecular flexibility index (Phi) is 6.18. The summed E-state index contributed by atoms with van der Waals surface area (Å²) in [5.74, 6) is 2.60. The van der Waals surface area contributed by atoms with E-state index in [0.29, 0.717) is 17.9 Å². The second-order valence-electron chi connectivity index (χ2n) is 6.55. The molecule has 1 saturated carbocycles. The molecule has 0 aliphatic heterocycles. The SMILES string of the molecule is CCc1noc(C2CCC(NCC(C)CC(C)O)CC2)n1. The molecule has 0 spiro atoms. The van der Waals surface area contributed by atoms with Gasteiger partial charge in [0.05, 0.1) is 6.10 Å². The van der Waals surface area contributed by atoms with Gasteiger partial charge >= 0.3 is 0 Å². The highest BCUT2D eigenvalue weighted by Gasteiger charge is 2.26. The quantitative estimate of drug-likeness (QED) is 0.809. The van der Waals surface area contributed by atoms with Crippen molar-refractivity contribution in [3.63, 3.8) is 0 Å². The van der Waals surface area contributed by atoms with E-state index in [1.54, 1.807) is 0 Å². The minimum atomic E-state index is -0.206. The lowest BCUT2D eigenvalue weighted by Crippen LogP contribution is -2.36. The topological polar surface area (TPSA) is 71.2 Å². The average molecular weight is 295 g/mol. The van der Waals surface area contributed by atoms with Gasteiger partial charge in [-0.3, -0.25) is 0 Å². The standard InChI is InChI=1S/C16H29N3O2/c1-4-15-18-16(21-19-15)13-5-7-14(8-6-13)17-10-11(2)9-12(3)20/h11-14,17,20H,4-10H2,1-3H3. The highest BCUT2D eigenvalue weighted by atomic mass is 16.5. The van der Waals surface area contributed by atoms with E-state index < -0.39 is 0 Å². The lowest BCUT2D eigenvalue weighted by Gasteiger charge is -2.28. The van der Waals surface area contributed by atoms with Gasteiger partial charge < -0.3 is 14.9 Å². The molecule has 2 atom stereocenters. The zero-order valence-electron chi connectivity index (χ0n) is 13.5. The minimum Gasteiger partial charge on any atom is -0.393 e. The number of aromatic nitrogens is 2. The third-order valence-electron chi connectivity index (χ3n) is 4.37. The van der Waals surface area contributed by atoms with Crippen molar-refractivity contribution in [2.24, 2.45) is 5.92 Å². The van der Waals surface area contributed by atoms with Gasteiger partial charge in [-0.15, -0.1) is 0 Å². The number of hydrogen-bond donors (Lipinski definition) is 2. The Morgan fingerprint density at radius 3 is 2.57 bits per heavy atom. The minimum absolute atomic E-state index is 0.206. The summed E-state index contributed by atoms with van der Waals surface area (Å²) in [6, 6.07) is 0.589. The molecule has 1 aliphatic rings. The Bertz CT molecular complexity index is 411. The first-order valence-corrected chi connectivity index (χ1v) is 8.32. The second-order valence-corrected chi connectivity index (χ2v) is 6.55. The fourth-order valence-electron chi connectivity index (χ4n) is 3.15. The molecule has 2 unspecified atom stereocenters. The van der Waals surface area contributed by atoms with E-state index in [-0.39, 0.29) is 6.10 Å². The molecule has 0 amide bonds. The van der Waals surface area contributed by atoms with Crippen LogP contribution in [0.1, 0.15) is 70.5 Å². The van der Waals surface area contributed by atoms with Crippen LogP contribution in [-0.4, -0.2) is 33.9 Å². The molecule has 0 radical (unpaired) electrons. The summed E-state index contributed by atoms with van der Waals surface area (Å²) >= 11 is 0. The van der Waals surface area contributed by atoms with Crippen LogP contribution in [0.15, 0.2) is 4.52 Å². The summed E-state index contributed by atoms with van der Waals surface area (Å²) in [5, 5.41) is 17.0. The Hall–Kier alpha value is -0.940. The van der Waals surface area contributed by atoms with Crippen molar-refractivity contribution in [2.45, 2.75) is 77.4 Å². The Morgan fingerprint density at radius 1 is 1.29 bits per heavy atom. The van der Waals surface area contributed by atoms with Crippen LogP contribution in [-0.2, 0) is 6.42 Å². The Labute approximate surface area is 127 Å². The van der Waals surface area contributed by atoms with Crippen molar-refractivity contribution >= 4 is 0 Å². The highest BCUT2D eigenvalue weighted by Crippen LogP contribution is 2.32. The fourth-order valence-corrected chi connectivity index (χ4v) is 3.15. The summed E-state index contributed by atoms with van der Waals surface area (Å²) in [5.41, 5.74) is 0. The van der Waals surface area contributed by atoms with Gasteiger partial charge in [0.1, 0.15) is 0 Å². The predicted molar refractivity (Wildman–Crippen MR) is 82.1 cm³/mol. The summed E-state index contributed by atoms with van der Waals surface area (Å²) < 4.78 is 5.36. The number of rotatable bonds is 7. The number of aliphatic hydroxyl groups is 1. The van der Waals surface area contributed by atoms with E-state index in [2.05, 4.69) is 22.4 Å². The van der Waals surface area contributed by atoms with Crippen molar-refractivity contribution in [3.8, 4) is 0 Å². The molecule has 2 N–H and O–H groups in total. The molecule has 0 saturated heterocycles. The molecular formula is C16H29N3O2. The summed E-state index contributed by atoms with van der Waals surface area (Å²) in [6.45, 7) is 7.08. The molecule has 120 valence electrons. The van der Waals surface area contributed by atoms with Gasteiger partial charge in [-0.2, -0.15) is 4.98 Å². The monoisotopic (exact) mass is 295 g/mol. The first kappa shape index (κ1) is 16.4. The zero-order chi connectivity index (χ0) is 15.2. The molecule has 5 nitrogen and oxygen atoms in total. The molecule has 1 heterocycles. The Morgan fingerprint density at radius 2 is 2.00 bits per heavy atom. The van der Waals surface area contributed by atoms with Gasteiger partial charge in [-0.1, -0.05) is 19.0 Å². The third kappa shape index (κ3) is 5.08. The van der Waals surface area contributed by atoms with Gasteiger partial charge in [0.15, 0.2) is 5.82 Å². The molecule has 21 heavy (non-hydrogen) atoms. The number of aliphatic hydroxyl groups excluding tert-OH is 1. The molecule has 1 aliphatic carbocycles. The third-order valence-corrected chi connectivity index (χ3v) is 4.37. The van der Waals surface area contributed by atoms with Crippen molar-refractivity contribution in [1.82, 2.24) is 15.5 Å². The molecule has 1 fully saturated rings. The average Bonchev–Trinajstić information content (AvgIpc) is 2.94. The molecule has 1 aromatic heterocycles. The largest absolute Gasteiger partial charge is 0.393 e. The van der Waals surface area contributed by atoms with Crippen molar-refractivity contribution < 1.29 is 9.63 Å². The van der Waals surface area contributed by atoms with Crippen LogP contribution in [0.2, 0.25) is 0 Å². The van der Waals surface area contributed by atoms with Crippen molar-refractivity contribution in [3.05, 3.63) is 11.7 Å². The molecule has 1 aromatic rings. The van der Waals surface area contributed by atoms with Crippen molar-refractivity contribution in [1.29, 1.82) is 0 Å². The number of nitrogens with zero attached hydrogens (tertiary/aromatic N) is 2. The highest BCUT2D eigenvalue weighted by molar-refractivity contribution is 4.97. The zero-order valence-corrected chi connectivity index (χ0v) is 13.5. The van der Waals surface area contributed by atoms with Crippen LogP contribution >= 0.6 is 0 Å². The molecular weight excluding hydrogens is 266 g/mol. The van der Waals surface area contributed by atoms with Crippen LogP contribution < -0.4 is 5.32 Å². The van der Waals surface area contributed by atoms with Gasteiger partial charge in [0.2, 0.25) is 5.89 Å². The van der Waals surface area contributed by atoms with Crippen molar-refractivity contribution in [2.75, 3.05) is 6.54 Å². The van der Waals surface area contributed by atoms with Crippen LogP contribution in [0.25, 0.3) is 0 Å². The predicted octanol–water partition coefficient (Wildman–Crippen LogP) is 2.65. The lowest BCUT2D eigenvalue weighted by molar-refractivity contribution is 0.161. The van der Waals surface area contributed by atoms with E-state index >= 15 is 0 Å². The van der Waals surface area contributed by atoms with Gasteiger partial charge in [0, 0.05) is 18.4 Å². The number of aryl methyl sites for hydroxylation is 1. The smallest absolute Gasteiger partial charge is 0.229 e. The van der Waals surface area contributed by atoms with Gasteiger partial charge in [0.25, 0.3) is 0 Å². The maximum atomic E-state index is 9.39.